The van der Waals surface area contributed by atoms with Crippen LogP contribution in [0.1, 0.15) is 22.3 Å². The minimum absolute atomic E-state index is 0.115. The summed E-state index contributed by atoms with van der Waals surface area (Å²) < 4.78 is 0. The second-order valence-electron chi connectivity index (χ2n) is 20.9. The summed E-state index contributed by atoms with van der Waals surface area (Å²) in [6.07, 6.45) is 0. The summed E-state index contributed by atoms with van der Waals surface area (Å²) >= 11 is 13.6. The Morgan fingerprint density at radius 1 is 0.337 bits per heavy atom. The van der Waals surface area contributed by atoms with Crippen molar-refractivity contribution in [1.82, 2.24) is 59.3 Å². The van der Waals surface area contributed by atoms with Crippen LogP contribution in [-0.2, 0) is 54.9 Å². The predicted octanol–water partition coefficient (Wildman–Crippen LogP) is 1.74. The van der Waals surface area contributed by atoms with Crippen LogP contribution in [0.4, 0.5) is 23.8 Å². The number of nitrogens with zero attached hydrogens (tertiary/aromatic N) is 16. The molecule has 4 heterocycles. The maximum absolute atomic E-state index is 12.1. The Morgan fingerprint density at radius 2 is 0.581 bits per heavy atom. The summed E-state index contributed by atoms with van der Waals surface area (Å²) in [6.45, 7) is 2.77. The molecule has 2 aliphatic heterocycles. The van der Waals surface area contributed by atoms with Crippen LogP contribution < -0.4 is 19.6 Å². The summed E-state index contributed by atoms with van der Waals surface area (Å²) in [6, 6.07) is 27.3. The Balaban J connectivity index is 1.19. The molecule has 2 aromatic heterocycles. The van der Waals surface area contributed by atoms with Crippen LogP contribution in [0.15, 0.2) is 84.9 Å². The number of hydrogen-bond donors (Lipinski definition) is 6. The van der Waals surface area contributed by atoms with E-state index in [1.54, 1.807) is 29.4 Å². The molecule has 0 saturated carbocycles. The highest BCUT2D eigenvalue weighted by atomic mass is 35.5. The number of carboxylic acid groups (broad SMARTS) is 6. The molecular formula is C56H72Cl2N16O12. The van der Waals surface area contributed by atoms with Gasteiger partial charge in [0, 0.05) is 131 Å². The first-order valence-corrected chi connectivity index (χ1v) is 28.7. The lowest BCUT2D eigenvalue weighted by atomic mass is 10.1. The third-order valence-corrected chi connectivity index (χ3v) is 14.6. The maximum Gasteiger partial charge on any atom is 0.317 e. The van der Waals surface area contributed by atoms with E-state index in [1.165, 1.54) is 0 Å². The van der Waals surface area contributed by atoms with Gasteiger partial charge in [0.25, 0.3) is 0 Å². The molecule has 0 aliphatic carbocycles. The van der Waals surface area contributed by atoms with Crippen molar-refractivity contribution in [3.8, 4) is 0 Å². The lowest BCUT2D eigenvalue weighted by Gasteiger charge is -2.33. The first kappa shape index (κ1) is 65.6. The summed E-state index contributed by atoms with van der Waals surface area (Å²) in [5.41, 5.74) is 3.56. The fourth-order valence-electron chi connectivity index (χ4n) is 10.1. The molecule has 0 unspecified atom stereocenters. The van der Waals surface area contributed by atoms with Crippen LogP contribution in [0.2, 0.25) is 10.6 Å². The highest BCUT2D eigenvalue weighted by molar-refractivity contribution is 6.28. The van der Waals surface area contributed by atoms with E-state index in [-0.39, 0.29) is 191 Å². The molecular weight excluding hydrogens is 1160 g/mol. The van der Waals surface area contributed by atoms with E-state index in [9.17, 15) is 59.4 Å². The molecule has 2 aliphatic rings. The van der Waals surface area contributed by atoms with Gasteiger partial charge in [0.2, 0.25) is 34.4 Å². The number of hydrogen-bond acceptors (Lipinski definition) is 22. The van der Waals surface area contributed by atoms with Crippen molar-refractivity contribution in [3.63, 3.8) is 0 Å². The smallest absolute Gasteiger partial charge is 0.317 e. The molecule has 2 fully saturated rings. The minimum Gasteiger partial charge on any atom is -0.480 e. The van der Waals surface area contributed by atoms with Crippen molar-refractivity contribution in [3.05, 3.63) is 118 Å². The van der Waals surface area contributed by atoms with Gasteiger partial charge in [0.15, 0.2) is 0 Å². The van der Waals surface area contributed by atoms with E-state index in [1.807, 2.05) is 105 Å². The normalized spacial score (nSPS) is 16.4. The van der Waals surface area contributed by atoms with Crippen LogP contribution in [0.25, 0.3) is 0 Å². The summed E-state index contributed by atoms with van der Waals surface area (Å²) in [7, 11) is 0. The van der Waals surface area contributed by atoms with Gasteiger partial charge in [-0.3, -0.25) is 58.2 Å². The molecule has 30 heteroatoms. The third kappa shape index (κ3) is 22.5. The quantitative estimate of drug-likeness (QED) is 0.0512. The van der Waals surface area contributed by atoms with Crippen LogP contribution in [0.3, 0.4) is 0 Å². The Hall–Kier alpha value is -7.96. The molecule has 5 aromatic rings. The molecule has 2 saturated heterocycles. The molecule has 3 aromatic carbocycles. The second kappa shape index (κ2) is 33.1. The molecule has 0 amide bonds. The SMILES string of the molecule is O=C(O)CN1CCN(CC(=O)O)CCN(c2nc(Cl)nc(N(Cc3ccccc3)Cc3cccc(CN(Cc4ccccc4)c4nc(Cl)nc(N5CCN(CC(=O)O)CCN(CC(=O)O)CCN(CC(=O)O)CC5)n4)c3)n2)CCN(CC(=O)O)CC1. The van der Waals surface area contributed by atoms with E-state index in [4.69, 9.17) is 33.2 Å². The Bertz CT molecular complexity index is 2800. The second-order valence-corrected chi connectivity index (χ2v) is 21.6. The number of rotatable bonds is 24. The molecule has 86 heavy (non-hydrogen) atoms. The average molecular weight is 1230 g/mol. The molecule has 0 spiro atoms. The van der Waals surface area contributed by atoms with Crippen molar-refractivity contribution in [2.45, 2.75) is 26.2 Å². The van der Waals surface area contributed by atoms with Gasteiger partial charge in [-0.25, -0.2) is 0 Å². The highest BCUT2D eigenvalue weighted by Gasteiger charge is 2.27. The molecule has 462 valence electrons. The zero-order valence-electron chi connectivity index (χ0n) is 47.5. The first-order valence-electron chi connectivity index (χ1n) is 27.9. The number of halogens is 2. The van der Waals surface area contributed by atoms with E-state index in [0.717, 1.165) is 22.3 Å². The van der Waals surface area contributed by atoms with Crippen LogP contribution >= 0.6 is 23.2 Å². The van der Waals surface area contributed by atoms with Crippen LogP contribution in [0, 0.1) is 0 Å². The number of benzene rings is 3. The van der Waals surface area contributed by atoms with E-state index >= 15 is 0 Å². The largest absolute Gasteiger partial charge is 0.480 e. The average Bonchev–Trinajstić information content (AvgIpc) is 2.51. The number of aliphatic carboxylic acids is 6. The fraction of sp³-hybridized carbons (Fsp3) is 0.464. The van der Waals surface area contributed by atoms with Gasteiger partial charge >= 0.3 is 35.8 Å². The lowest BCUT2D eigenvalue weighted by molar-refractivity contribution is -0.140. The monoisotopic (exact) mass is 1230 g/mol. The number of carbonyl (C=O) groups is 6. The highest BCUT2D eigenvalue weighted by Crippen LogP contribution is 2.25. The van der Waals surface area contributed by atoms with Gasteiger partial charge in [0.05, 0.1) is 39.3 Å². The van der Waals surface area contributed by atoms with Gasteiger partial charge in [-0.2, -0.15) is 29.9 Å². The van der Waals surface area contributed by atoms with Crippen molar-refractivity contribution >= 4 is 82.8 Å². The van der Waals surface area contributed by atoms with E-state index in [2.05, 4.69) is 19.9 Å². The van der Waals surface area contributed by atoms with Gasteiger partial charge in [0.1, 0.15) is 0 Å². The standard InChI is InChI=1S/C56H72Cl2N16O12/c57-51-59-53(71-26-22-67(37-47(79)80)18-14-65(35-45(75)76)15-19-68(23-27-71)38-48(81)82)63-55(61-51)73(31-41-8-3-1-4-9-41)33-43-12-7-13-44(30-43)34-74(32-42-10-5-2-6-11-42)56-62-52(58)60-54(64-56)72-28-24-69(39-49(83)84)20-16-66(36-46(77)78)17-21-70(25-29-72)40-50(85)86/h1-13,30H,14-29,31-40H2,(H,75,76)(H,77,78)(H,79,80)(H,81,82)(H,83,84)(H,85,86). The molecule has 0 radical (unpaired) electrons. The Labute approximate surface area is 507 Å². The zero-order chi connectivity index (χ0) is 61.5. The third-order valence-electron chi connectivity index (χ3n) is 14.3. The van der Waals surface area contributed by atoms with Crippen LogP contribution in [0.5, 0.6) is 0 Å². The zero-order valence-corrected chi connectivity index (χ0v) is 49.0. The molecule has 6 N–H and O–H groups in total. The Morgan fingerprint density at radius 3 is 0.849 bits per heavy atom. The van der Waals surface area contributed by atoms with E-state index in [0.29, 0.717) is 13.1 Å². The van der Waals surface area contributed by atoms with Gasteiger partial charge < -0.3 is 50.2 Å². The minimum atomic E-state index is -1.06. The van der Waals surface area contributed by atoms with Gasteiger partial charge in [-0.15, -0.1) is 0 Å². The fourth-order valence-corrected chi connectivity index (χ4v) is 10.4. The van der Waals surface area contributed by atoms with Crippen molar-refractivity contribution in [2.75, 3.05) is 164 Å². The first-order chi connectivity index (χ1) is 41.3. The van der Waals surface area contributed by atoms with Crippen molar-refractivity contribution < 1.29 is 59.4 Å². The molecule has 7 rings (SSSR count). The molecule has 0 atom stereocenters. The van der Waals surface area contributed by atoms with Gasteiger partial charge in [-0.05, 0) is 45.5 Å². The van der Waals surface area contributed by atoms with Crippen LogP contribution in [-0.4, -0.2) is 270 Å². The van der Waals surface area contributed by atoms with E-state index < -0.39 is 35.8 Å². The van der Waals surface area contributed by atoms with Gasteiger partial charge in [-0.1, -0.05) is 84.9 Å². The topological polar surface area (TPSA) is 334 Å². The summed E-state index contributed by atoms with van der Waals surface area (Å²) in [5, 5.41) is 58.4. The lowest BCUT2D eigenvalue weighted by Crippen LogP contribution is -2.48. The number of anilines is 4. The Kier molecular flexibility index (Phi) is 25.2. The predicted molar refractivity (Wildman–Crippen MR) is 318 cm³/mol. The van der Waals surface area contributed by atoms with Crippen molar-refractivity contribution in [1.29, 1.82) is 0 Å². The maximum atomic E-state index is 12.1. The number of aromatic nitrogens is 6. The number of carboxylic acids is 6. The molecule has 0 bridgehead atoms. The summed E-state index contributed by atoms with van der Waals surface area (Å²) in [5.74, 6) is -5.54. The summed E-state index contributed by atoms with van der Waals surface area (Å²) in [4.78, 5) is 118. The van der Waals surface area contributed by atoms with Crippen molar-refractivity contribution in [2.24, 2.45) is 0 Å². The molecule has 28 nitrogen and oxygen atoms in total.